The molecule has 0 radical (unpaired) electrons. The SMILES string of the molecule is C[C@H](Sc1ccccc1)C(=O)NNC(=O)c1cccs1. The van der Waals surface area contributed by atoms with E-state index in [4.69, 9.17) is 0 Å². The lowest BCUT2D eigenvalue weighted by Crippen LogP contribution is -2.44. The topological polar surface area (TPSA) is 58.2 Å². The Bertz CT molecular complexity index is 570. The summed E-state index contributed by atoms with van der Waals surface area (Å²) in [6.45, 7) is 1.80. The van der Waals surface area contributed by atoms with Gasteiger partial charge in [-0.1, -0.05) is 24.3 Å². The average Bonchev–Trinajstić information content (AvgIpc) is 2.99. The summed E-state index contributed by atoms with van der Waals surface area (Å²) >= 11 is 2.77. The first-order chi connectivity index (χ1) is 9.66. The predicted octanol–water partition coefficient (Wildman–Crippen LogP) is 2.69. The number of thiophene rings is 1. The van der Waals surface area contributed by atoms with Crippen LogP contribution in [0.2, 0.25) is 0 Å². The quantitative estimate of drug-likeness (QED) is 0.674. The van der Waals surface area contributed by atoms with Crippen molar-refractivity contribution in [3.63, 3.8) is 0 Å². The fourth-order valence-corrected chi connectivity index (χ4v) is 2.95. The van der Waals surface area contributed by atoms with E-state index in [1.54, 1.807) is 19.1 Å². The van der Waals surface area contributed by atoms with E-state index in [0.29, 0.717) is 4.88 Å². The molecule has 0 saturated carbocycles. The first kappa shape index (κ1) is 14.6. The molecule has 2 rings (SSSR count). The first-order valence-electron chi connectivity index (χ1n) is 6.02. The van der Waals surface area contributed by atoms with Crippen LogP contribution >= 0.6 is 23.1 Å². The third kappa shape index (κ3) is 4.11. The number of hydrogen-bond donors (Lipinski definition) is 2. The van der Waals surface area contributed by atoms with Gasteiger partial charge in [-0.25, -0.2) is 0 Å². The van der Waals surface area contributed by atoms with Crippen LogP contribution < -0.4 is 10.9 Å². The van der Waals surface area contributed by atoms with Crippen molar-refractivity contribution in [2.45, 2.75) is 17.1 Å². The van der Waals surface area contributed by atoms with Crippen molar-refractivity contribution in [2.75, 3.05) is 0 Å². The zero-order valence-corrected chi connectivity index (χ0v) is 12.5. The van der Waals surface area contributed by atoms with Crippen LogP contribution in [-0.4, -0.2) is 17.1 Å². The van der Waals surface area contributed by atoms with Crippen LogP contribution in [0.1, 0.15) is 16.6 Å². The van der Waals surface area contributed by atoms with Gasteiger partial charge in [0.15, 0.2) is 0 Å². The average molecular weight is 306 g/mol. The van der Waals surface area contributed by atoms with E-state index >= 15 is 0 Å². The molecule has 1 heterocycles. The van der Waals surface area contributed by atoms with Crippen molar-refractivity contribution in [1.29, 1.82) is 0 Å². The minimum absolute atomic E-state index is 0.233. The molecule has 20 heavy (non-hydrogen) atoms. The summed E-state index contributed by atoms with van der Waals surface area (Å²) in [6.07, 6.45) is 0. The Kier molecular flexibility index (Phi) is 5.20. The van der Waals surface area contributed by atoms with Gasteiger partial charge in [0.2, 0.25) is 0 Å². The number of amides is 2. The molecule has 0 aliphatic rings. The second-order valence-electron chi connectivity index (χ2n) is 3.99. The van der Waals surface area contributed by atoms with E-state index in [2.05, 4.69) is 10.9 Å². The Labute approximate surface area is 125 Å². The van der Waals surface area contributed by atoms with E-state index in [1.807, 2.05) is 35.7 Å². The molecule has 0 spiro atoms. The molecule has 0 unspecified atom stereocenters. The highest BCUT2D eigenvalue weighted by Crippen LogP contribution is 2.22. The number of hydrazine groups is 1. The second kappa shape index (κ2) is 7.12. The van der Waals surface area contributed by atoms with Gasteiger partial charge in [0.05, 0.1) is 10.1 Å². The summed E-state index contributed by atoms with van der Waals surface area (Å²) in [6, 6.07) is 13.1. The summed E-state index contributed by atoms with van der Waals surface area (Å²) in [7, 11) is 0. The molecule has 0 aliphatic heterocycles. The van der Waals surface area contributed by atoms with Gasteiger partial charge in [-0.15, -0.1) is 23.1 Å². The molecule has 2 aromatic rings. The normalized spacial score (nSPS) is 11.7. The molecule has 104 valence electrons. The van der Waals surface area contributed by atoms with Crippen LogP contribution in [0.25, 0.3) is 0 Å². The fraction of sp³-hybridized carbons (Fsp3) is 0.143. The fourth-order valence-electron chi connectivity index (χ4n) is 1.45. The Morgan fingerprint density at radius 1 is 1.10 bits per heavy atom. The van der Waals surface area contributed by atoms with Crippen molar-refractivity contribution in [1.82, 2.24) is 10.9 Å². The zero-order chi connectivity index (χ0) is 14.4. The minimum Gasteiger partial charge on any atom is -0.272 e. The van der Waals surface area contributed by atoms with E-state index < -0.39 is 0 Å². The van der Waals surface area contributed by atoms with E-state index in [1.165, 1.54) is 23.1 Å². The molecule has 4 nitrogen and oxygen atoms in total. The summed E-state index contributed by atoms with van der Waals surface area (Å²) in [5.41, 5.74) is 4.85. The zero-order valence-electron chi connectivity index (χ0n) is 10.8. The standard InChI is InChI=1S/C14H14N2O2S2/c1-10(20-11-6-3-2-4-7-11)13(17)15-16-14(18)12-8-5-9-19-12/h2-10H,1H3,(H,15,17)(H,16,18)/t10-/m0/s1. The number of nitrogens with one attached hydrogen (secondary N) is 2. The van der Waals surface area contributed by atoms with Crippen molar-refractivity contribution in [3.8, 4) is 0 Å². The monoisotopic (exact) mass is 306 g/mol. The summed E-state index contributed by atoms with van der Waals surface area (Å²) in [5, 5.41) is 1.52. The highest BCUT2D eigenvalue weighted by atomic mass is 32.2. The van der Waals surface area contributed by atoms with Crippen LogP contribution in [0.5, 0.6) is 0 Å². The number of benzene rings is 1. The van der Waals surface area contributed by atoms with Crippen molar-refractivity contribution < 1.29 is 9.59 Å². The van der Waals surface area contributed by atoms with Crippen LogP contribution in [0.4, 0.5) is 0 Å². The molecule has 1 aromatic heterocycles. The Morgan fingerprint density at radius 3 is 2.50 bits per heavy atom. The largest absolute Gasteiger partial charge is 0.279 e. The molecule has 0 aliphatic carbocycles. The van der Waals surface area contributed by atoms with Crippen LogP contribution in [0, 0.1) is 0 Å². The van der Waals surface area contributed by atoms with Gasteiger partial charge in [-0.3, -0.25) is 20.4 Å². The number of thioether (sulfide) groups is 1. The number of carbonyl (C=O) groups is 2. The molecule has 0 bridgehead atoms. The van der Waals surface area contributed by atoms with Crippen molar-refractivity contribution in [2.24, 2.45) is 0 Å². The van der Waals surface area contributed by atoms with E-state index in [9.17, 15) is 9.59 Å². The van der Waals surface area contributed by atoms with Gasteiger partial charge in [0.1, 0.15) is 0 Å². The molecule has 2 amide bonds. The summed E-state index contributed by atoms with van der Waals surface area (Å²) in [5.74, 6) is -0.533. The molecular formula is C14H14N2O2S2. The third-order valence-corrected chi connectivity index (χ3v) is 4.45. The Hall–Kier alpha value is -1.79. The summed E-state index contributed by atoms with van der Waals surface area (Å²) in [4.78, 5) is 25.1. The maximum atomic E-state index is 11.9. The molecule has 2 N–H and O–H groups in total. The maximum Gasteiger partial charge on any atom is 0.279 e. The van der Waals surface area contributed by atoms with Crippen molar-refractivity contribution >= 4 is 34.9 Å². The van der Waals surface area contributed by atoms with Gasteiger partial charge < -0.3 is 0 Å². The van der Waals surface area contributed by atoms with Crippen LogP contribution in [0.3, 0.4) is 0 Å². The number of rotatable bonds is 4. The van der Waals surface area contributed by atoms with Gasteiger partial charge in [0, 0.05) is 4.90 Å². The van der Waals surface area contributed by atoms with Gasteiger partial charge >= 0.3 is 0 Å². The Balaban J connectivity index is 1.81. The lowest BCUT2D eigenvalue weighted by Gasteiger charge is -2.12. The molecule has 0 saturated heterocycles. The predicted molar refractivity (Wildman–Crippen MR) is 81.7 cm³/mol. The van der Waals surface area contributed by atoms with Crippen molar-refractivity contribution in [3.05, 3.63) is 52.7 Å². The number of carbonyl (C=O) groups excluding carboxylic acids is 2. The van der Waals surface area contributed by atoms with Gasteiger partial charge in [-0.05, 0) is 30.5 Å². The molecule has 6 heteroatoms. The third-order valence-electron chi connectivity index (χ3n) is 2.47. The van der Waals surface area contributed by atoms with Crippen LogP contribution in [0.15, 0.2) is 52.7 Å². The highest BCUT2D eigenvalue weighted by Gasteiger charge is 2.15. The lowest BCUT2D eigenvalue weighted by atomic mass is 10.4. The van der Waals surface area contributed by atoms with E-state index in [0.717, 1.165) is 4.90 Å². The maximum absolute atomic E-state index is 11.9. The molecule has 1 atom stereocenters. The molecule has 1 aromatic carbocycles. The first-order valence-corrected chi connectivity index (χ1v) is 7.78. The van der Waals surface area contributed by atoms with Gasteiger partial charge in [0.25, 0.3) is 11.8 Å². The Morgan fingerprint density at radius 2 is 1.85 bits per heavy atom. The highest BCUT2D eigenvalue weighted by molar-refractivity contribution is 8.00. The van der Waals surface area contributed by atoms with Gasteiger partial charge in [-0.2, -0.15) is 0 Å². The summed E-state index contributed by atoms with van der Waals surface area (Å²) < 4.78 is 0. The molecule has 0 fully saturated rings. The number of hydrogen-bond acceptors (Lipinski definition) is 4. The smallest absolute Gasteiger partial charge is 0.272 e. The minimum atomic E-state index is -0.301. The lowest BCUT2D eigenvalue weighted by molar-refractivity contribution is -0.121. The van der Waals surface area contributed by atoms with Crippen LogP contribution in [-0.2, 0) is 4.79 Å². The second-order valence-corrected chi connectivity index (χ2v) is 6.36. The molecular weight excluding hydrogens is 292 g/mol. The van der Waals surface area contributed by atoms with E-state index in [-0.39, 0.29) is 17.1 Å².